The van der Waals surface area contributed by atoms with Gasteiger partial charge in [-0.25, -0.2) is 9.59 Å². The molecule has 25 heavy (non-hydrogen) atoms. The second-order valence-electron chi connectivity index (χ2n) is 5.41. The fourth-order valence-corrected chi connectivity index (χ4v) is 2.29. The van der Waals surface area contributed by atoms with E-state index in [0.29, 0.717) is 17.7 Å². The van der Waals surface area contributed by atoms with E-state index in [4.69, 9.17) is 9.84 Å². The van der Waals surface area contributed by atoms with E-state index in [1.807, 2.05) is 6.92 Å². The summed E-state index contributed by atoms with van der Waals surface area (Å²) in [6.45, 7) is 1.60. The summed E-state index contributed by atoms with van der Waals surface area (Å²) >= 11 is 0. The molecule has 1 heterocycles. The van der Waals surface area contributed by atoms with Gasteiger partial charge in [-0.05, 0) is 30.2 Å². The molecule has 0 unspecified atom stereocenters. The van der Waals surface area contributed by atoms with Gasteiger partial charge in [0.2, 0.25) is 0 Å². The molecule has 8 heteroatoms. The van der Waals surface area contributed by atoms with Crippen molar-refractivity contribution in [3.8, 4) is 5.75 Å². The van der Waals surface area contributed by atoms with Crippen molar-refractivity contribution in [2.24, 2.45) is 0 Å². The largest absolute Gasteiger partial charge is 0.482 e. The minimum atomic E-state index is -1.09. The first-order valence-corrected chi connectivity index (χ1v) is 7.65. The predicted molar refractivity (Wildman–Crippen MR) is 87.7 cm³/mol. The van der Waals surface area contributed by atoms with Crippen molar-refractivity contribution in [3.05, 3.63) is 35.4 Å². The number of barbiturate groups is 1. The minimum Gasteiger partial charge on any atom is -0.482 e. The molecule has 4 amide bonds. The van der Waals surface area contributed by atoms with Gasteiger partial charge in [0.25, 0.3) is 11.8 Å². The molecule has 8 nitrogen and oxygen atoms in total. The number of aliphatic carboxylic acids is 1. The predicted octanol–water partition coefficient (Wildman–Crippen LogP) is 1.36. The van der Waals surface area contributed by atoms with Crippen LogP contribution >= 0.6 is 0 Å². The maximum absolute atomic E-state index is 12.4. The number of likely N-dealkylation sites (N-methyl/N-ethyl adjacent to an activating group) is 1. The lowest BCUT2D eigenvalue weighted by Crippen LogP contribution is -2.54. The Kier molecular flexibility index (Phi) is 5.53. The molecule has 0 spiro atoms. The molecule has 1 aliphatic heterocycles. The van der Waals surface area contributed by atoms with Crippen LogP contribution in [0, 0.1) is 0 Å². The molecule has 0 bridgehead atoms. The molecule has 1 fully saturated rings. The highest BCUT2D eigenvalue weighted by atomic mass is 16.5. The number of carboxylic acids is 1. The summed E-state index contributed by atoms with van der Waals surface area (Å²) in [7, 11) is 1.33. The third kappa shape index (κ3) is 4.03. The topological polar surface area (TPSA) is 104 Å². The summed E-state index contributed by atoms with van der Waals surface area (Å²) in [6.07, 6.45) is 1.99. The van der Waals surface area contributed by atoms with E-state index in [0.717, 1.165) is 9.80 Å². The van der Waals surface area contributed by atoms with Crippen LogP contribution < -0.4 is 4.74 Å². The molecule has 1 aromatic carbocycles. The molecular weight excluding hydrogens is 328 g/mol. The Labute approximate surface area is 144 Å². The Hall–Kier alpha value is -3.16. The van der Waals surface area contributed by atoms with Crippen molar-refractivity contribution in [2.45, 2.75) is 13.3 Å². The molecule has 2 rings (SSSR count). The number of hydrogen-bond donors (Lipinski definition) is 1. The van der Waals surface area contributed by atoms with Crippen LogP contribution in [0.1, 0.15) is 18.9 Å². The molecule has 0 aromatic heterocycles. The average Bonchev–Trinajstić information content (AvgIpc) is 2.60. The number of hydrogen-bond acceptors (Lipinski definition) is 5. The fraction of sp³-hybridized carbons (Fsp3) is 0.294. The average molecular weight is 346 g/mol. The van der Waals surface area contributed by atoms with Crippen molar-refractivity contribution in [3.63, 3.8) is 0 Å². The van der Waals surface area contributed by atoms with E-state index in [2.05, 4.69) is 0 Å². The first-order chi connectivity index (χ1) is 11.8. The van der Waals surface area contributed by atoms with E-state index in [1.54, 1.807) is 12.1 Å². The van der Waals surface area contributed by atoms with Gasteiger partial charge >= 0.3 is 12.0 Å². The summed E-state index contributed by atoms with van der Waals surface area (Å²) in [6, 6.07) is 5.61. The van der Waals surface area contributed by atoms with Crippen LogP contribution in [0.5, 0.6) is 5.75 Å². The normalized spacial score (nSPS) is 16.6. The molecule has 1 aromatic rings. The zero-order valence-corrected chi connectivity index (χ0v) is 13.9. The second kappa shape index (κ2) is 7.61. The number of ether oxygens (including phenoxy) is 1. The third-order valence-electron chi connectivity index (χ3n) is 3.53. The summed E-state index contributed by atoms with van der Waals surface area (Å²) in [5.41, 5.74) is 0.452. The first kappa shape index (κ1) is 18.2. The maximum atomic E-state index is 12.4. The van der Waals surface area contributed by atoms with Gasteiger partial charge in [0, 0.05) is 13.6 Å². The van der Waals surface area contributed by atoms with Crippen LogP contribution in [0.15, 0.2) is 29.8 Å². The molecule has 1 saturated heterocycles. The SMILES string of the molecule is CCCN1C(=O)/C(=C\c2ccc(OCC(=O)O)cc2)C(=O)N(C)C1=O. The summed E-state index contributed by atoms with van der Waals surface area (Å²) in [5.74, 6) is -2.02. The number of carboxylic acid groups (broad SMARTS) is 1. The molecular formula is C17H18N2O6. The highest BCUT2D eigenvalue weighted by Gasteiger charge is 2.39. The summed E-state index contributed by atoms with van der Waals surface area (Å²) < 4.78 is 5.02. The van der Waals surface area contributed by atoms with Gasteiger partial charge in [0.1, 0.15) is 11.3 Å². The van der Waals surface area contributed by atoms with Crippen molar-refractivity contribution < 1.29 is 29.0 Å². The van der Waals surface area contributed by atoms with Crippen molar-refractivity contribution in [2.75, 3.05) is 20.2 Å². The number of urea groups is 1. The lowest BCUT2D eigenvalue weighted by molar-refractivity contribution is -0.139. The van der Waals surface area contributed by atoms with E-state index >= 15 is 0 Å². The maximum Gasteiger partial charge on any atom is 0.341 e. The standard InChI is InChI=1S/C17H18N2O6/c1-3-8-19-16(23)13(15(22)18(2)17(19)24)9-11-4-6-12(7-5-11)25-10-14(20)21/h4-7,9H,3,8,10H2,1-2H3,(H,20,21)/b13-9-. The van der Waals surface area contributed by atoms with Crippen LogP contribution in [0.2, 0.25) is 0 Å². The van der Waals surface area contributed by atoms with Gasteiger partial charge in [0.15, 0.2) is 6.61 Å². The highest BCUT2D eigenvalue weighted by Crippen LogP contribution is 2.20. The lowest BCUT2D eigenvalue weighted by atomic mass is 10.1. The Bertz CT molecular complexity index is 738. The first-order valence-electron chi connectivity index (χ1n) is 7.65. The zero-order valence-electron chi connectivity index (χ0n) is 13.9. The lowest BCUT2D eigenvalue weighted by Gasteiger charge is -2.31. The zero-order chi connectivity index (χ0) is 18.6. The molecule has 0 saturated carbocycles. The molecule has 0 atom stereocenters. The van der Waals surface area contributed by atoms with Crippen LogP contribution in [0.3, 0.4) is 0 Å². The number of carbonyl (C=O) groups excluding carboxylic acids is 3. The van der Waals surface area contributed by atoms with Crippen LogP contribution in [0.25, 0.3) is 6.08 Å². The van der Waals surface area contributed by atoms with E-state index in [-0.39, 0.29) is 12.1 Å². The second-order valence-corrected chi connectivity index (χ2v) is 5.41. The Morgan fingerprint density at radius 3 is 2.36 bits per heavy atom. The summed E-state index contributed by atoms with van der Waals surface area (Å²) in [5, 5.41) is 8.57. The van der Waals surface area contributed by atoms with Crippen LogP contribution in [0.4, 0.5) is 4.79 Å². The van der Waals surface area contributed by atoms with Gasteiger partial charge in [0.05, 0.1) is 0 Å². The number of amides is 4. The van der Waals surface area contributed by atoms with Crippen molar-refractivity contribution in [1.82, 2.24) is 9.80 Å². The molecule has 1 N–H and O–H groups in total. The Balaban J connectivity index is 2.25. The van der Waals surface area contributed by atoms with Gasteiger partial charge in [-0.2, -0.15) is 0 Å². The fourth-order valence-electron chi connectivity index (χ4n) is 2.29. The third-order valence-corrected chi connectivity index (χ3v) is 3.53. The van der Waals surface area contributed by atoms with Gasteiger partial charge < -0.3 is 9.84 Å². The summed E-state index contributed by atoms with van der Waals surface area (Å²) in [4.78, 5) is 49.1. The van der Waals surface area contributed by atoms with Gasteiger partial charge in [-0.15, -0.1) is 0 Å². The number of rotatable bonds is 6. The van der Waals surface area contributed by atoms with Crippen LogP contribution in [-0.4, -0.2) is 58.9 Å². The van der Waals surface area contributed by atoms with E-state index in [9.17, 15) is 19.2 Å². The molecule has 132 valence electrons. The van der Waals surface area contributed by atoms with Gasteiger partial charge in [-0.3, -0.25) is 19.4 Å². The smallest absolute Gasteiger partial charge is 0.341 e. The Morgan fingerprint density at radius 1 is 1.16 bits per heavy atom. The molecule has 0 radical (unpaired) electrons. The number of benzene rings is 1. The molecule has 0 aliphatic carbocycles. The highest BCUT2D eigenvalue weighted by molar-refractivity contribution is 6.30. The van der Waals surface area contributed by atoms with Crippen LogP contribution in [-0.2, 0) is 14.4 Å². The Morgan fingerprint density at radius 2 is 1.80 bits per heavy atom. The minimum absolute atomic E-state index is 0.102. The monoisotopic (exact) mass is 346 g/mol. The van der Waals surface area contributed by atoms with E-state index in [1.165, 1.54) is 25.3 Å². The number of imide groups is 2. The quantitative estimate of drug-likeness (QED) is 0.616. The van der Waals surface area contributed by atoms with Gasteiger partial charge in [-0.1, -0.05) is 19.1 Å². The van der Waals surface area contributed by atoms with E-state index < -0.39 is 30.4 Å². The van der Waals surface area contributed by atoms with Crippen molar-refractivity contribution >= 4 is 29.9 Å². The number of carbonyl (C=O) groups is 4. The molecule has 1 aliphatic rings. The van der Waals surface area contributed by atoms with Crippen molar-refractivity contribution in [1.29, 1.82) is 0 Å². The number of nitrogens with zero attached hydrogens (tertiary/aromatic N) is 2.